The van der Waals surface area contributed by atoms with Gasteiger partial charge >= 0.3 is 5.69 Å². The Balaban J connectivity index is 2.32. The molecule has 2 aromatic rings. The SMILES string of the molecule is Cc1cccc(Oc2ccc([N+](=O)[O-])c(N)n2)c1C. The van der Waals surface area contributed by atoms with Crippen LogP contribution in [-0.4, -0.2) is 9.91 Å². The Morgan fingerprint density at radius 3 is 2.63 bits per heavy atom. The molecular formula is C13H13N3O3. The largest absolute Gasteiger partial charge is 0.439 e. The standard InChI is InChI=1S/C13H13N3O3/c1-8-4-3-5-11(9(8)2)19-12-7-6-10(16(17)18)13(14)15-12/h3-7H,1-2H3,(H2,14,15). The molecule has 0 amide bonds. The van der Waals surface area contributed by atoms with E-state index in [1.54, 1.807) is 0 Å². The molecule has 0 saturated heterocycles. The number of nitrogens with zero attached hydrogens (tertiary/aromatic N) is 2. The zero-order valence-corrected chi connectivity index (χ0v) is 10.6. The third kappa shape index (κ3) is 2.62. The van der Waals surface area contributed by atoms with Gasteiger partial charge in [0.25, 0.3) is 0 Å². The van der Waals surface area contributed by atoms with Crippen molar-refractivity contribution in [2.75, 3.05) is 5.73 Å². The van der Waals surface area contributed by atoms with E-state index in [4.69, 9.17) is 10.5 Å². The summed E-state index contributed by atoms with van der Waals surface area (Å²) in [7, 11) is 0. The number of hydrogen-bond acceptors (Lipinski definition) is 5. The van der Waals surface area contributed by atoms with Crippen molar-refractivity contribution < 1.29 is 9.66 Å². The number of nitro groups is 1. The van der Waals surface area contributed by atoms with Gasteiger partial charge in [0.05, 0.1) is 4.92 Å². The van der Waals surface area contributed by atoms with Crippen LogP contribution in [0.15, 0.2) is 30.3 Å². The maximum Gasteiger partial charge on any atom is 0.311 e. The zero-order chi connectivity index (χ0) is 14.0. The van der Waals surface area contributed by atoms with Gasteiger partial charge in [0.1, 0.15) is 5.75 Å². The molecule has 1 heterocycles. The number of anilines is 1. The summed E-state index contributed by atoms with van der Waals surface area (Å²) in [5.41, 5.74) is 7.36. The van der Waals surface area contributed by atoms with E-state index in [2.05, 4.69) is 4.98 Å². The number of aryl methyl sites for hydroxylation is 1. The molecule has 0 aliphatic heterocycles. The Labute approximate surface area is 110 Å². The van der Waals surface area contributed by atoms with Crippen LogP contribution in [0.3, 0.4) is 0 Å². The predicted octanol–water partition coefficient (Wildman–Crippen LogP) is 2.98. The number of hydrogen-bond donors (Lipinski definition) is 1. The second-order valence-electron chi connectivity index (χ2n) is 4.11. The third-order valence-electron chi connectivity index (χ3n) is 2.84. The molecule has 0 unspecified atom stereocenters. The molecule has 98 valence electrons. The second kappa shape index (κ2) is 4.93. The van der Waals surface area contributed by atoms with E-state index >= 15 is 0 Å². The van der Waals surface area contributed by atoms with Crippen LogP contribution >= 0.6 is 0 Å². The lowest BCUT2D eigenvalue weighted by Gasteiger charge is -2.09. The van der Waals surface area contributed by atoms with Crippen molar-refractivity contribution in [1.29, 1.82) is 0 Å². The van der Waals surface area contributed by atoms with E-state index in [9.17, 15) is 10.1 Å². The molecule has 2 rings (SSSR count). The Morgan fingerprint density at radius 2 is 2.00 bits per heavy atom. The number of pyridine rings is 1. The third-order valence-corrected chi connectivity index (χ3v) is 2.84. The molecule has 0 aliphatic carbocycles. The number of ether oxygens (including phenoxy) is 1. The van der Waals surface area contributed by atoms with E-state index in [1.165, 1.54) is 12.1 Å². The molecule has 0 bridgehead atoms. The first kappa shape index (κ1) is 12.8. The van der Waals surface area contributed by atoms with Crippen LogP contribution in [0.25, 0.3) is 0 Å². The molecule has 0 saturated carbocycles. The summed E-state index contributed by atoms with van der Waals surface area (Å²) in [4.78, 5) is 13.9. The molecule has 2 N–H and O–H groups in total. The van der Waals surface area contributed by atoms with Crippen molar-refractivity contribution in [1.82, 2.24) is 4.98 Å². The average molecular weight is 259 g/mol. The van der Waals surface area contributed by atoms with E-state index in [0.29, 0.717) is 5.75 Å². The highest BCUT2D eigenvalue weighted by Gasteiger charge is 2.14. The molecule has 0 aliphatic rings. The van der Waals surface area contributed by atoms with Crippen LogP contribution in [0.5, 0.6) is 11.6 Å². The van der Waals surface area contributed by atoms with Gasteiger partial charge in [-0.25, -0.2) is 0 Å². The number of benzene rings is 1. The molecule has 0 radical (unpaired) electrons. The summed E-state index contributed by atoms with van der Waals surface area (Å²) >= 11 is 0. The summed E-state index contributed by atoms with van der Waals surface area (Å²) in [5.74, 6) is 0.727. The first-order valence-electron chi connectivity index (χ1n) is 5.64. The lowest BCUT2D eigenvalue weighted by molar-refractivity contribution is -0.384. The number of nitrogens with two attached hydrogens (primary N) is 1. The number of aromatic nitrogens is 1. The minimum Gasteiger partial charge on any atom is -0.439 e. The van der Waals surface area contributed by atoms with Crippen LogP contribution < -0.4 is 10.5 Å². The van der Waals surface area contributed by atoms with Gasteiger partial charge in [0.2, 0.25) is 11.7 Å². The Kier molecular flexibility index (Phi) is 3.33. The van der Waals surface area contributed by atoms with Crippen molar-refractivity contribution in [3.8, 4) is 11.6 Å². The highest BCUT2D eigenvalue weighted by Crippen LogP contribution is 2.28. The van der Waals surface area contributed by atoms with Crippen molar-refractivity contribution in [3.63, 3.8) is 0 Å². The highest BCUT2D eigenvalue weighted by atomic mass is 16.6. The maximum atomic E-state index is 10.6. The van der Waals surface area contributed by atoms with Crippen LogP contribution in [0.1, 0.15) is 11.1 Å². The van der Waals surface area contributed by atoms with Gasteiger partial charge in [-0.05, 0) is 31.0 Å². The molecule has 6 nitrogen and oxygen atoms in total. The lowest BCUT2D eigenvalue weighted by atomic mass is 10.1. The lowest BCUT2D eigenvalue weighted by Crippen LogP contribution is -2.00. The molecule has 19 heavy (non-hydrogen) atoms. The molecule has 0 atom stereocenters. The molecule has 0 spiro atoms. The summed E-state index contributed by atoms with van der Waals surface area (Å²) < 4.78 is 5.59. The summed E-state index contributed by atoms with van der Waals surface area (Å²) in [5, 5.41) is 10.6. The monoisotopic (exact) mass is 259 g/mol. The molecule has 1 aromatic carbocycles. The number of rotatable bonds is 3. The first-order valence-corrected chi connectivity index (χ1v) is 5.64. The van der Waals surface area contributed by atoms with Gasteiger partial charge in [-0.3, -0.25) is 10.1 Å². The fourth-order valence-electron chi connectivity index (χ4n) is 1.61. The van der Waals surface area contributed by atoms with Crippen molar-refractivity contribution >= 4 is 11.5 Å². The Bertz CT molecular complexity index is 641. The van der Waals surface area contributed by atoms with Crippen molar-refractivity contribution in [2.45, 2.75) is 13.8 Å². The average Bonchev–Trinajstić information content (AvgIpc) is 2.34. The van der Waals surface area contributed by atoms with Gasteiger partial charge < -0.3 is 10.5 Å². The van der Waals surface area contributed by atoms with Gasteiger partial charge in [-0.15, -0.1) is 0 Å². The first-order chi connectivity index (χ1) is 8.99. The molecular weight excluding hydrogens is 246 g/mol. The maximum absolute atomic E-state index is 10.6. The molecule has 6 heteroatoms. The van der Waals surface area contributed by atoms with Crippen molar-refractivity contribution in [3.05, 3.63) is 51.6 Å². The fraction of sp³-hybridized carbons (Fsp3) is 0.154. The Morgan fingerprint density at radius 1 is 1.26 bits per heavy atom. The summed E-state index contributed by atoms with van der Waals surface area (Å²) in [6, 6.07) is 8.35. The normalized spacial score (nSPS) is 10.2. The minimum atomic E-state index is -0.579. The van der Waals surface area contributed by atoms with Crippen LogP contribution in [0, 0.1) is 24.0 Å². The summed E-state index contributed by atoms with van der Waals surface area (Å²) in [6.45, 7) is 3.90. The van der Waals surface area contributed by atoms with Gasteiger partial charge in [-0.1, -0.05) is 12.1 Å². The van der Waals surface area contributed by atoms with Crippen LogP contribution in [-0.2, 0) is 0 Å². The van der Waals surface area contributed by atoms with Gasteiger partial charge in [0.15, 0.2) is 0 Å². The van der Waals surface area contributed by atoms with Crippen LogP contribution in [0.2, 0.25) is 0 Å². The zero-order valence-electron chi connectivity index (χ0n) is 10.6. The molecule has 0 fully saturated rings. The minimum absolute atomic E-state index is 0.159. The van der Waals surface area contributed by atoms with Gasteiger partial charge in [-0.2, -0.15) is 4.98 Å². The fourth-order valence-corrected chi connectivity index (χ4v) is 1.61. The number of nitrogen functional groups attached to an aromatic ring is 1. The smallest absolute Gasteiger partial charge is 0.311 e. The quantitative estimate of drug-likeness (QED) is 0.675. The van der Waals surface area contributed by atoms with E-state index in [0.717, 1.165) is 11.1 Å². The van der Waals surface area contributed by atoms with Crippen LogP contribution in [0.4, 0.5) is 11.5 Å². The Hall–Kier alpha value is -2.63. The van der Waals surface area contributed by atoms with Crippen molar-refractivity contribution in [2.24, 2.45) is 0 Å². The summed E-state index contributed by atoms with van der Waals surface area (Å²) in [6.07, 6.45) is 0. The van der Waals surface area contributed by atoms with E-state index in [1.807, 2.05) is 32.0 Å². The topological polar surface area (TPSA) is 91.3 Å². The predicted molar refractivity (Wildman–Crippen MR) is 71.3 cm³/mol. The second-order valence-corrected chi connectivity index (χ2v) is 4.11. The highest BCUT2D eigenvalue weighted by molar-refractivity contribution is 5.53. The molecule has 1 aromatic heterocycles. The van der Waals surface area contributed by atoms with Gasteiger partial charge in [0, 0.05) is 12.1 Å². The van der Waals surface area contributed by atoms with E-state index < -0.39 is 4.92 Å². The van der Waals surface area contributed by atoms with E-state index in [-0.39, 0.29) is 17.4 Å².